The first kappa shape index (κ1) is 68.6. The van der Waals surface area contributed by atoms with Gasteiger partial charge in [0.15, 0.2) is 6.10 Å². The summed E-state index contributed by atoms with van der Waals surface area (Å²) in [6.45, 7) is 6.38. The van der Waals surface area contributed by atoms with E-state index in [0.29, 0.717) is 19.3 Å². The number of esters is 3. The van der Waals surface area contributed by atoms with Crippen molar-refractivity contribution in [3.63, 3.8) is 0 Å². The molecule has 0 aliphatic heterocycles. The van der Waals surface area contributed by atoms with E-state index in [1.807, 2.05) is 12.2 Å². The van der Waals surface area contributed by atoms with Crippen LogP contribution in [0.1, 0.15) is 252 Å². The van der Waals surface area contributed by atoms with Crippen LogP contribution >= 0.6 is 0 Å². The molecular formula is C67H108O6. The topological polar surface area (TPSA) is 78.9 Å². The molecule has 0 N–H and O–H groups in total. The van der Waals surface area contributed by atoms with Gasteiger partial charge in [-0.05, 0) is 122 Å². The fourth-order valence-electron chi connectivity index (χ4n) is 7.69. The summed E-state index contributed by atoms with van der Waals surface area (Å²) in [6.07, 6.45) is 84.6. The molecule has 1 atom stereocenters. The molecule has 0 saturated carbocycles. The summed E-state index contributed by atoms with van der Waals surface area (Å²) in [7, 11) is 0. The second-order valence-electron chi connectivity index (χ2n) is 19.2. The number of hydrogen-bond donors (Lipinski definition) is 0. The van der Waals surface area contributed by atoms with E-state index >= 15 is 0 Å². The van der Waals surface area contributed by atoms with E-state index in [2.05, 4.69) is 142 Å². The number of carbonyl (C=O) groups excluding carboxylic acids is 3. The van der Waals surface area contributed by atoms with Crippen molar-refractivity contribution in [2.75, 3.05) is 13.2 Å². The van der Waals surface area contributed by atoms with Gasteiger partial charge in [-0.2, -0.15) is 0 Å². The summed E-state index contributed by atoms with van der Waals surface area (Å²) in [6, 6.07) is 0. The second kappa shape index (κ2) is 60.1. The Labute approximate surface area is 449 Å². The van der Waals surface area contributed by atoms with Crippen molar-refractivity contribution in [1.29, 1.82) is 0 Å². The molecule has 0 aromatic rings. The lowest BCUT2D eigenvalue weighted by Gasteiger charge is -2.18. The lowest BCUT2D eigenvalue weighted by molar-refractivity contribution is -0.166. The number of unbranched alkanes of at least 4 members (excludes halogenated alkanes) is 19. The molecule has 0 spiro atoms. The van der Waals surface area contributed by atoms with Crippen molar-refractivity contribution in [3.8, 4) is 0 Å². The molecular weight excluding hydrogens is 901 g/mol. The smallest absolute Gasteiger partial charge is 0.306 e. The van der Waals surface area contributed by atoms with Gasteiger partial charge in [0.1, 0.15) is 13.2 Å². The van der Waals surface area contributed by atoms with Crippen LogP contribution in [0.15, 0.2) is 134 Å². The Kier molecular flexibility index (Phi) is 56.4. The third-order valence-corrected chi connectivity index (χ3v) is 12.1. The Morgan fingerprint density at radius 1 is 0.288 bits per heavy atom. The van der Waals surface area contributed by atoms with Gasteiger partial charge in [0, 0.05) is 19.3 Å². The molecule has 0 fully saturated rings. The fraction of sp³-hybridized carbons (Fsp3) is 0.627. The summed E-state index contributed by atoms with van der Waals surface area (Å²) >= 11 is 0. The van der Waals surface area contributed by atoms with Crippen LogP contribution < -0.4 is 0 Å². The summed E-state index contributed by atoms with van der Waals surface area (Å²) in [5, 5.41) is 0. The molecule has 0 bridgehead atoms. The van der Waals surface area contributed by atoms with Gasteiger partial charge >= 0.3 is 17.9 Å². The maximum Gasteiger partial charge on any atom is 0.306 e. The van der Waals surface area contributed by atoms with Crippen LogP contribution in [0.4, 0.5) is 0 Å². The maximum absolute atomic E-state index is 12.8. The van der Waals surface area contributed by atoms with Crippen LogP contribution in [0, 0.1) is 0 Å². The van der Waals surface area contributed by atoms with E-state index in [9.17, 15) is 14.4 Å². The Bertz CT molecular complexity index is 1580. The molecule has 6 nitrogen and oxygen atoms in total. The highest BCUT2D eigenvalue weighted by molar-refractivity contribution is 5.71. The first-order valence-corrected chi connectivity index (χ1v) is 29.7. The molecule has 0 unspecified atom stereocenters. The van der Waals surface area contributed by atoms with E-state index in [1.165, 1.54) is 116 Å². The van der Waals surface area contributed by atoms with Crippen LogP contribution in [0.2, 0.25) is 0 Å². The monoisotopic (exact) mass is 1010 g/mol. The molecule has 0 aliphatic carbocycles. The summed E-state index contributed by atoms with van der Waals surface area (Å²) in [4.78, 5) is 38.2. The predicted molar refractivity (Wildman–Crippen MR) is 316 cm³/mol. The van der Waals surface area contributed by atoms with Crippen molar-refractivity contribution in [2.24, 2.45) is 0 Å². The SMILES string of the molecule is CC/C=C\C/C=C\C/C=C\C/C=C\C/C=C\C/C=C\CCC(=O)O[C@@H](COC(=O)CCC/C=C\C/C=C\C/C=C\CCCCCCCC)COC(=O)CCCCCCCCCCC/C=C\C/C=C\CCCCC. The van der Waals surface area contributed by atoms with E-state index in [4.69, 9.17) is 14.2 Å². The molecule has 73 heavy (non-hydrogen) atoms. The van der Waals surface area contributed by atoms with Crippen molar-refractivity contribution < 1.29 is 28.6 Å². The van der Waals surface area contributed by atoms with Gasteiger partial charge in [0.05, 0.1) is 0 Å². The van der Waals surface area contributed by atoms with Gasteiger partial charge < -0.3 is 14.2 Å². The Morgan fingerprint density at radius 2 is 0.575 bits per heavy atom. The minimum absolute atomic E-state index is 0.130. The van der Waals surface area contributed by atoms with E-state index < -0.39 is 12.1 Å². The standard InChI is InChI=1S/C67H108O6/c1-4-7-10-13-16-19-22-25-28-31-33-36-39-42-45-48-51-54-57-60-66(69)72-63-64(62-71-65(68)59-56-53-50-47-44-41-38-35-30-27-24-21-18-15-12-9-6-3)73-67(70)61-58-55-52-49-46-43-40-37-34-32-29-26-23-20-17-14-11-8-5-2/h8,11,16-17,19-20,25-30,34,37-38,41,43,46-47,50,52,55,64H,4-7,9-10,12-15,18,21-24,31-33,35-36,39-40,42,44-45,48-49,51,53-54,56-63H2,1-3H3/b11-8-,19-16-,20-17-,28-25-,29-26-,30-27-,37-34-,41-38-,46-43-,50-47-,55-52-/t64-/m0/s1. The summed E-state index contributed by atoms with van der Waals surface area (Å²) < 4.78 is 16.8. The maximum atomic E-state index is 12.8. The van der Waals surface area contributed by atoms with Gasteiger partial charge in [0.2, 0.25) is 0 Å². The molecule has 0 rings (SSSR count). The van der Waals surface area contributed by atoms with Crippen molar-refractivity contribution >= 4 is 17.9 Å². The molecule has 6 heteroatoms. The van der Waals surface area contributed by atoms with Crippen molar-refractivity contribution in [1.82, 2.24) is 0 Å². The highest BCUT2D eigenvalue weighted by atomic mass is 16.6. The number of rotatable bonds is 52. The Balaban J connectivity index is 4.59. The summed E-state index contributed by atoms with van der Waals surface area (Å²) in [5.74, 6) is -1.08. The van der Waals surface area contributed by atoms with Crippen LogP contribution in [0.5, 0.6) is 0 Å². The van der Waals surface area contributed by atoms with Gasteiger partial charge in [-0.15, -0.1) is 0 Å². The normalized spacial score (nSPS) is 13.1. The van der Waals surface area contributed by atoms with Gasteiger partial charge in [-0.1, -0.05) is 244 Å². The van der Waals surface area contributed by atoms with Crippen molar-refractivity contribution in [2.45, 2.75) is 258 Å². The van der Waals surface area contributed by atoms with Gasteiger partial charge in [-0.25, -0.2) is 0 Å². The largest absolute Gasteiger partial charge is 0.462 e. The zero-order valence-corrected chi connectivity index (χ0v) is 47.1. The number of ether oxygens (including phenoxy) is 3. The average Bonchev–Trinajstić information content (AvgIpc) is 3.39. The van der Waals surface area contributed by atoms with Crippen LogP contribution in [0.3, 0.4) is 0 Å². The molecule has 0 heterocycles. The van der Waals surface area contributed by atoms with Crippen LogP contribution in [-0.4, -0.2) is 37.2 Å². The van der Waals surface area contributed by atoms with E-state index in [-0.39, 0.29) is 38.0 Å². The third kappa shape index (κ3) is 58.3. The van der Waals surface area contributed by atoms with E-state index in [0.717, 1.165) is 83.5 Å². The average molecular weight is 1010 g/mol. The molecule has 0 amide bonds. The third-order valence-electron chi connectivity index (χ3n) is 12.1. The lowest BCUT2D eigenvalue weighted by Crippen LogP contribution is -2.30. The minimum atomic E-state index is -0.846. The molecule has 412 valence electrons. The Hall–Kier alpha value is -4.45. The first-order valence-electron chi connectivity index (χ1n) is 29.7. The zero-order chi connectivity index (χ0) is 52.9. The predicted octanol–water partition coefficient (Wildman–Crippen LogP) is 20.2. The van der Waals surface area contributed by atoms with Crippen LogP contribution in [-0.2, 0) is 28.6 Å². The fourth-order valence-corrected chi connectivity index (χ4v) is 7.69. The zero-order valence-electron chi connectivity index (χ0n) is 47.1. The van der Waals surface area contributed by atoms with E-state index in [1.54, 1.807) is 0 Å². The number of hydrogen-bond acceptors (Lipinski definition) is 6. The highest BCUT2D eigenvalue weighted by Gasteiger charge is 2.19. The second-order valence-corrected chi connectivity index (χ2v) is 19.2. The number of carbonyl (C=O) groups is 3. The minimum Gasteiger partial charge on any atom is -0.462 e. The molecule has 0 aliphatic rings. The molecule has 0 aromatic heterocycles. The molecule has 0 saturated heterocycles. The van der Waals surface area contributed by atoms with Crippen LogP contribution in [0.25, 0.3) is 0 Å². The number of allylic oxidation sites excluding steroid dienone is 22. The molecule has 0 aromatic carbocycles. The van der Waals surface area contributed by atoms with Gasteiger partial charge in [0.25, 0.3) is 0 Å². The lowest BCUT2D eigenvalue weighted by atomic mass is 10.1. The quantitative estimate of drug-likeness (QED) is 0.0261. The van der Waals surface area contributed by atoms with Gasteiger partial charge in [-0.3, -0.25) is 14.4 Å². The first-order chi connectivity index (χ1) is 36.0. The van der Waals surface area contributed by atoms with Crippen molar-refractivity contribution in [3.05, 3.63) is 134 Å². The molecule has 0 radical (unpaired) electrons. The highest BCUT2D eigenvalue weighted by Crippen LogP contribution is 2.13. The Morgan fingerprint density at radius 3 is 0.973 bits per heavy atom. The summed E-state index contributed by atoms with van der Waals surface area (Å²) in [5.41, 5.74) is 0.